The minimum Gasteiger partial charge on any atom is -0.462 e. The molecule has 1 N–H and O–H groups in total. The lowest BCUT2D eigenvalue weighted by Gasteiger charge is -2.24. The largest absolute Gasteiger partial charge is 0.462 e. The number of aromatic nitrogens is 2. The summed E-state index contributed by atoms with van der Waals surface area (Å²) in [7, 11) is 1.77. The van der Waals surface area contributed by atoms with Gasteiger partial charge in [-0.05, 0) is 26.8 Å². The van der Waals surface area contributed by atoms with E-state index in [0.29, 0.717) is 31.3 Å². The molecule has 1 saturated heterocycles. The fraction of sp³-hybridized carbons (Fsp3) is 0.714. The summed E-state index contributed by atoms with van der Waals surface area (Å²) < 4.78 is 26.0. The van der Waals surface area contributed by atoms with Crippen molar-refractivity contribution >= 4 is 5.97 Å². The predicted molar refractivity (Wildman–Crippen MR) is 74.6 cm³/mol. The van der Waals surface area contributed by atoms with Crippen LogP contribution in [0.25, 0.3) is 0 Å². The van der Waals surface area contributed by atoms with Crippen LogP contribution in [0.3, 0.4) is 0 Å². The fourth-order valence-corrected chi connectivity index (χ4v) is 2.56. The van der Waals surface area contributed by atoms with Gasteiger partial charge in [0.25, 0.3) is 6.30 Å². The molecule has 6 nitrogen and oxygen atoms in total. The van der Waals surface area contributed by atoms with Gasteiger partial charge in [0.15, 0.2) is 0 Å². The van der Waals surface area contributed by atoms with Crippen LogP contribution in [0.4, 0.5) is 4.39 Å². The second kappa shape index (κ2) is 7.51. The summed E-state index contributed by atoms with van der Waals surface area (Å²) in [5, 5.41) is 2.96. The topological polar surface area (TPSA) is 65.4 Å². The Balaban J connectivity index is 2.29. The zero-order valence-corrected chi connectivity index (χ0v) is 12.5. The van der Waals surface area contributed by atoms with E-state index in [1.165, 1.54) is 4.57 Å². The molecule has 0 spiro atoms. The third-order valence-corrected chi connectivity index (χ3v) is 3.55. The molecule has 1 aromatic heterocycles. The molecule has 7 heteroatoms. The van der Waals surface area contributed by atoms with Gasteiger partial charge in [-0.3, -0.25) is 4.57 Å². The number of imidazole rings is 1. The molecule has 0 aromatic carbocycles. The Kier molecular flexibility index (Phi) is 5.69. The SMILES string of the molecule is CCOC(=O)C(F)n1c(CNC)cnc1C1CCOCC1. The van der Waals surface area contributed by atoms with Crippen molar-refractivity contribution in [2.45, 2.75) is 38.5 Å². The van der Waals surface area contributed by atoms with Crippen molar-refractivity contribution in [2.75, 3.05) is 26.9 Å². The van der Waals surface area contributed by atoms with Crippen LogP contribution in [-0.4, -0.2) is 42.4 Å². The van der Waals surface area contributed by atoms with Crippen molar-refractivity contribution in [1.82, 2.24) is 14.9 Å². The van der Waals surface area contributed by atoms with Gasteiger partial charge in [0.1, 0.15) is 5.82 Å². The highest BCUT2D eigenvalue weighted by Gasteiger charge is 2.30. The quantitative estimate of drug-likeness (QED) is 0.807. The van der Waals surface area contributed by atoms with Gasteiger partial charge in [-0.15, -0.1) is 0 Å². The van der Waals surface area contributed by atoms with Gasteiger partial charge in [-0.25, -0.2) is 14.2 Å². The molecular weight excluding hydrogens is 277 g/mol. The first-order valence-corrected chi connectivity index (χ1v) is 7.28. The summed E-state index contributed by atoms with van der Waals surface area (Å²) in [5.41, 5.74) is 0.638. The molecule has 1 aromatic rings. The van der Waals surface area contributed by atoms with Gasteiger partial charge in [-0.2, -0.15) is 0 Å². The number of nitrogens with one attached hydrogen (secondary N) is 1. The molecule has 1 unspecified atom stereocenters. The van der Waals surface area contributed by atoms with Crippen molar-refractivity contribution in [3.05, 3.63) is 17.7 Å². The molecular formula is C14H22FN3O3. The van der Waals surface area contributed by atoms with E-state index in [9.17, 15) is 9.18 Å². The molecule has 1 aliphatic heterocycles. The Labute approximate surface area is 123 Å². The highest BCUT2D eigenvalue weighted by Crippen LogP contribution is 2.30. The van der Waals surface area contributed by atoms with Gasteiger partial charge in [-0.1, -0.05) is 0 Å². The first-order chi connectivity index (χ1) is 10.2. The second-order valence-corrected chi connectivity index (χ2v) is 4.98. The Morgan fingerprint density at radius 1 is 1.62 bits per heavy atom. The Morgan fingerprint density at radius 3 is 2.95 bits per heavy atom. The molecule has 21 heavy (non-hydrogen) atoms. The fourth-order valence-electron chi connectivity index (χ4n) is 2.56. The summed E-state index contributed by atoms with van der Waals surface area (Å²) >= 11 is 0. The Bertz CT molecular complexity index is 472. The predicted octanol–water partition coefficient (Wildman–Crippen LogP) is 1.53. The number of hydrogen-bond acceptors (Lipinski definition) is 5. The average molecular weight is 299 g/mol. The lowest BCUT2D eigenvalue weighted by Crippen LogP contribution is -2.26. The summed E-state index contributed by atoms with van der Waals surface area (Å²) in [6.07, 6.45) is 1.33. The Hall–Kier alpha value is -1.47. The maximum atomic E-state index is 14.5. The van der Waals surface area contributed by atoms with E-state index >= 15 is 0 Å². The van der Waals surface area contributed by atoms with Gasteiger partial charge < -0.3 is 14.8 Å². The smallest absolute Gasteiger partial charge is 0.362 e. The summed E-state index contributed by atoms with van der Waals surface area (Å²) in [6, 6.07) is 0. The summed E-state index contributed by atoms with van der Waals surface area (Å²) in [6.45, 7) is 3.52. The minimum absolute atomic E-state index is 0.108. The molecule has 0 radical (unpaired) electrons. The highest BCUT2D eigenvalue weighted by molar-refractivity contribution is 5.72. The number of carbonyl (C=O) groups is 1. The maximum Gasteiger partial charge on any atom is 0.362 e. The number of hydrogen-bond donors (Lipinski definition) is 1. The lowest BCUT2D eigenvalue weighted by atomic mass is 9.99. The lowest BCUT2D eigenvalue weighted by molar-refractivity contribution is -0.153. The molecule has 0 aliphatic carbocycles. The van der Waals surface area contributed by atoms with Crippen LogP contribution in [0, 0.1) is 0 Å². The van der Waals surface area contributed by atoms with E-state index in [1.54, 1.807) is 20.2 Å². The van der Waals surface area contributed by atoms with E-state index in [2.05, 4.69) is 10.3 Å². The molecule has 1 fully saturated rings. The van der Waals surface area contributed by atoms with E-state index in [-0.39, 0.29) is 12.5 Å². The average Bonchev–Trinajstić information content (AvgIpc) is 2.91. The number of carbonyl (C=O) groups excluding carboxylic acids is 1. The van der Waals surface area contributed by atoms with E-state index in [0.717, 1.165) is 12.8 Å². The standard InChI is InChI=1S/C14H22FN3O3/c1-3-21-14(19)12(15)18-11(8-16-2)9-17-13(18)10-4-6-20-7-5-10/h9-10,12,16H,3-8H2,1-2H3. The van der Waals surface area contributed by atoms with Gasteiger partial charge in [0.05, 0.1) is 12.3 Å². The molecule has 0 saturated carbocycles. The number of ether oxygens (including phenoxy) is 2. The first-order valence-electron chi connectivity index (χ1n) is 7.28. The monoisotopic (exact) mass is 299 g/mol. The normalized spacial score (nSPS) is 17.7. The zero-order chi connectivity index (χ0) is 15.2. The molecule has 1 atom stereocenters. The van der Waals surface area contributed by atoms with E-state index < -0.39 is 12.3 Å². The number of alkyl halides is 1. The van der Waals surface area contributed by atoms with Gasteiger partial charge in [0.2, 0.25) is 0 Å². The third kappa shape index (κ3) is 3.59. The van der Waals surface area contributed by atoms with Crippen molar-refractivity contribution in [3.8, 4) is 0 Å². The van der Waals surface area contributed by atoms with Crippen molar-refractivity contribution < 1.29 is 18.7 Å². The van der Waals surface area contributed by atoms with Crippen molar-refractivity contribution in [1.29, 1.82) is 0 Å². The summed E-state index contributed by atoms with van der Waals surface area (Å²) in [5.74, 6) is -0.165. The van der Waals surface area contributed by atoms with Crippen LogP contribution in [0.1, 0.15) is 43.5 Å². The molecule has 118 valence electrons. The van der Waals surface area contributed by atoms with Crippen molar-refractivity contribution in [2.24, 2.45) is 0 Å². The van der Waals surface area contributed by atoms with E-state index in [4.69, 9.17) is 9.47 Å². The van der Waals surface area contributed by atoms with Crippen molar-refractivity contribution in [3.63, 3.8) is 0 Å². The number of halogens is 1. The molecule has 2 rings (SSSR count). The van der Waals surface area contributed by atoms with Gasteiger partial charge >= 0.3 is 5.97 Å². The van der Waals surface area contributed by atoms with Crippen LogP contribution in [0.5, 0.6) is 0 Å². The minimum atomic E-state index is -1.85. The zero-order valence-electron chi connectivity index (χ0n) is 12.5. The number of nitrogens with zero attached hydrogens (tertiary/aromatic N) is 2. The second-order valence-electron chi connectivity index (χ2n) is 4.98. The van der Waals surface area contributed by atoms with E-state index in [1.807, 2.05) is 0 Å². The number of esters is 1. The van der Waals surface area contributed by atoms with Crippen LogP contribution in [-0.2, 0) is 20.8 Å². The highest BCUT2D eigenvalue weighted by atomic mass is 19.1. The number of rotatable bonds is 6. The van der Waals surface area contributed by atoms with Crippen LogP contribution >= 0.6 is 0 Å². The first kappa shape index (κ1) is 15.9. The third-order valence-electron chi connectivity index (χ3n) is 3.55. The Morgan fingerprint density at radius 2 is 2.33 bits per heavy atom. The summed E-state index contributed by atoms with van der Waals surface area (Å²) in [4.78, 5) is 16.1. The van der Waals surface area contributed by atoms with Crippen LogP contribution < -0.4 is 5.32 Å². The molecule has 1 aliphatic rings. The maximum absolute atomic E-state index is 14.5. The van der Waals surface area contributed by atoms with Gasteiger partial charge in [0, 0.05) is 31.9 Å². The molecule has 2 heterocycles. The van der Waals surface area contributed by atoms with Crippen LogP contribution in [0.2, 0.25) is 0 Å². The molecule has 0 bridgehead atoms. The molecule has 0 amide bonds. The van der Waals surface area contributed by atoms with Crippen LogP contribution in [0.15, 0.2) is 6.20 Å².